The van der Waals surface area contributed by atoms with Crippen molar-refractivity contribution in [3.05, 3.63) is 257 Å². The second-order valence-electron chi connectivity index (χ2n) is 18.4. The zero-order valence-electron chi connectivity index (χ0n) is 35.7. The molecule has 12 rings (SSSR count). The molecule has 1 nitrogen and oxygen atoms in total. The molecule has 3 aliphatic carbocycles. The van der Waals surface area contributed by atoms with Crippen LogP contribution in [0.15, 0.2) is 212 Å². The first-order valence-corrected chi connectivity index (χ1v) is 22.0. The molecule has 0 N–H and O–H groups in total. The van der Waals surface area contributed by atoms with Crippen LogP contribution in [0.3, 0.4) is 0 Å². The van der Waals surface area contributed by atoms with Crippen LogP contribution in [-0.2, 0) is 16.2 Å². The van der Waals surface area contributed by atoms with Gasteiger partial charge in [-0.2, -0.15) is 0 Å². The average Bonchev–Trinajstić information content (AvgIpc) is 3.64. The van der Waals surface area contributed by atoms with Crippen LogP contribution in [0.1, 0.15) is 72.2 Å². The van der Waals surface area contributed by atoms with Gasteiger partial charge >= 0.3 is 0 Å². The van der Waals surface area contributed by atoms with E-state index in [2.05, 4.69) is 245 Å². The monoisotopic (exact) mass is 793 g/mol. The zero-order chi connectivity index (χ0) is 41.8. The molecule has 0 aromatic heterocycles. The van der Waals surface area contributed by atoms with Gasteiger partial charge in [0.15, 0.2) is 0 Å². The molecule has 296 valence electrons. The molecular weight excluding hydrogens is 747 g/mol. The Hall–Kier alpha value is -7.22. The van der Waals surface area contributed by atoms with E-state index in [-0.39, 0.29) is 10.8 Å². The van der Waals surface area contributed by atoms with Crippen molar-refractivity contribution in [1.82, 2.24) is 0 Å². The molecule has 0 unspecified atom stereocenters. The van der Waals surface area contributed by atoms with Crippen molar-refractivity contribution in [1.29, 1.82) is 0 Å². The fourth-order valence-electron chi connectivity index (χ4n) is 11.7. The van der Waals surface area contributed by atoms with E-state index in [0.29, 0.717) is 0 Å². The lowest BCUT2D eigenvalue weighted by Crippen LogP contribution is -2.32. The van der Waals surface area contributed by atoms with Crippen LogP contribution in [-0.4, -0.2) is 0 Å². The van der Waals surface area contributed by atoms with Gasteiger partial charge in [-0.3, -0.25) is 0 Å². The van der Waals surface area contributed by atoms with Gasteiger partial charge < -0.3 is 4.90 Å². The summed E-state index contributed by atoms with van der Waals surface area (Å²) in [6, 6.07) is 80.0. The largest absolute Gasteiger partial charge is 0.310 e. The molecule has 0 heterocycles. The summed E-state index contributed by atoms with van der Waals surface area (Å²) < 4.78 is 0. The van der Waals surface area contributed by atoms with Crippen LogP contribution >= 0.6 is 0 Å². The van der Waals surface area contributed by atoms with Crippen molar-refractivity contribution >= 4 is 17.1 Å². The number of rotatable bonds is 5. The smallest absolute Gasteiger partial charge is 0.0714 e. The van der Waals surface area contributed by atoms with Crippen molar-refractivity contribution < 1.29 is 0 Å². The minimum absolute atomic E-state index is 0.142. The van der Waals surface area contributed by atoms with Crippen LogP contribution in [0.2, 0.25) is 0 Å². The molecule has 1 heteroatoms. The van der Waals surface area contributed by atoms with Crippen molar-refractivity contribution in [3.63, 3.8) is 0 Å². The van der Waals surface area contributed by atoms with Crippen LogP contribution < -0.4 is 4.90 Å². The number of benzene rings is 9. The van der Waals surface area contributed by atoms with Gasteiger partial charge in [-0.05, 0) is 125 Å². The summed E-state index contributed by atoms with van der Waals surface area (Å²) in [5, 5.41) is 0. The average molecular weight is 794 g/mol. The lowest BCUT2D eigenvalue weighted by molar-refractivity contribution is 0.660. The van der Waals surface area contributed by atoms with E-state index in [1.807, 2.05) is 0 Å². The Bertz CT molecular complexity index is 3080. The number of fused-ring (bicyclic) bond motifs is 11. The summed E-state index contributed by atoms with van der Waals surface area (Å²) in [7, 11) is 0. The second-order valence-corrected chi connectivity index (χ2v) is 18.4. The Balaban J connectivity index is 1.14. The lowest BCUT2D eigenvalue weighted by Gasteiger charge is -2.39. The molecule has 0 saturated heterocycles. The zero-order valence-corrected chi connectivity index (χ0v) is 35.7. The number of anilines is 3. The van der Waals surface area contributed by atoms with Crippen LogP contribution in [0.5, 0.6) is 0 Å². The van der Waals surface area contributed by atoms with E-state index < -0.39 is 5.41 Å². The van der Waals surface area contributed by atoms with Crippen LogP contribution in [0, 0.1) is 0 Å². The van der Waals surface area contributed by atoms with Crippen LogP contribution in [0.25, 0.3) is 44.5 Å². The highest BCUT2D eigenvalue weighted by atomic mass is 15.1. The molecule has 3 aliphatic rings. The molecule has 9 aromatic carbocycles. The molecule has 0 amide bonds. The Morgan fingerprint density at radius 3 is 1.10 bits per heavy atom. The fourth-order valence-corrected chi connectivity index (χ4v) is 11.7. The molecule has 9 aromatic rings. The minimum atomic E-state index is -0.641. The standard InChI is InChI=1S/C61H47N/c1-59(2)53-29-14-10-27-49(53)51-35-33-43(38-57(51)59)62(44-34-36-52-50-28-11-15-30-54(50)60(3,4)58(52)39-44)42-22-18-21-41(37-42)61(40-19-6-5-7-20-40)55-31-16-12-25-47(55)45-23-8-9-24-46(45)48-26-13-17-32-56(48)61/h5-39H,1-4H3. The SMILES string of the molecule is CC1(C)c2ccccc2-c2ccc(N(c3cccc(C4(c5ccccc5)c5ccccc5-c5ccccc5-c5ccccc54)c3)c3ccc4c(c3)C(C)(C)c3ccccc3-4)cc21. The van der Waals surface area contributed by atoms with Crippen LogP contribution in [0.4, 0.5) is 17.1 Å². The Kier molecular flexibility index (Phi) is 7.91. The van der Waals surface area contributed by atoms with Crippen molar-refractivity contribution in [2.45, 2.75) is 43.9 Å². The fraction of sp³-hybridized carbons (Fsp3) is 0.115. The van der Waals surface area contributed by atoms with Gasteiger partial charge in [0.1, 0.15) is 0 Å². The van der Waals surface area contributed by atoms with Gasteiger partial charge in [0, 0.05) is 27.9 Å². The highest BCUT2D eigenvalue weighted by Crippen LogP contribution is 2.57. The predicted molar refractivity (Wildman–Crippen MR) is 259 cm³/mol. The molecule has 0 radical (unpaired) electrons. The van der Waals surface area contributed by atoms with E-state index in [0.717, 1.165) is 17.1 Å². The van der Waals surface area contributed by atoms with Crippen molar-refractivity contribution in [2.24, 2.45) is 0 Å². The first-order chi connectivity index (χ1) is 30.3. The molecule has 0 fully saturated rings. The Morgan fingerprint density at radius 2 is 0.613 bits per heavy atom. The number of nitrogens with zero attached hydrogens (tertiary/aromatic N) is 1. The maximum atomic E-state index is 2.52. The van der Waals surface area contributed by atoms with Gasteiger partial charge in [-0.1, -0.05) is 204 Å². The van der Waals surface area contributed by atoms with Gasteiger partial charge in [0.05, 0.1) is 5.41 Å². The quantitative estimate of drug-likeness (QED) is 0.168. The highest BCUT2D eigenvalue weighted by Gasteiger charge is 2.44. The number of hydrogen-bond acceptors (Lipinski definition) is 1. The lowest BCUT2D eigenvalue weighted by atomic mass is 9.63. The molecular formula is C61H47N. The van der Waals surface area contributed by atoms with Gasteiger partial charge in [-0.15, -0.1) is 0 Å². The molecule has 0 aliphatic heterocycles. The third-order valence-corrected chi connectivity index (χ3v) is 14.6. The normalized spacial score (nSPS) is 15.2. The van der Waals surface area contributed by atoms with Crippen molar-refractivity contribution in [3.8, 4) is 44.5 Å². The van der Waals surface area contributed by atoms with Gasteiger partial charge in [-0.25, -0.2) is 0 Å². The van der Waals surface area contributed by atoms with Crippen molar-refractivity contribution in [2.75, 3.05) is 4.90 Å². The maximum absolute atomic E-state index is 2.52. The second kappa shape index (κ2) is 13.4. The van der Waals surface area contributed by atoms with E-state index in [1.54, 1.807) is 0 Å². The molecule has 0 spiro atoms. The van der Waals surface area contributed by atoms with Gasteiger partial charge in [0.25, 0.3) is 0 Å². The predicted octanol–water partition coefficient (Wildman–Crippen LogP) is 15.8. The Labute approximate surface area is 365 Å². The summed E-state index contributed by atoms with van der Waals surface area (Å²) in [6.07, 6.45) is 0. The van der Waals surface area contributed by atoms with E-state index in [1.165, 1.54) is 89.0 Å². The van der Waals surface area contributed by atoms with Gasteiger partial charge in [0.2, 0.25) is 0 Å². The molecule has 0 saturated carbocycles. The molecule has 0 atom stereocenters. The maximum Gasteiger partial charge on any atom is 0.0714 e. The topological polar surface area (TPSA) is 3.24 Å². The summed E-state index contributed by atoms with van der Waals surface area (Å²) in [6.45, 7) is 9.52. The Morgan fingerprint density at radius 1 is 0.258 bits per heavy atom. The van der Waals surface area contributed by atoms with E-state index in [9.17, 15) is 0 Å². The summed E-state index contributed by atoms with van der Waals surface area (Å²) in [5.41, 5.74) is 23.3. The summed E-state index contributed by atoms with van der Waals surface area (Å²) in [5.74, 6) is 0. The third-order valence-electron chi connectivity index (χ3n) is 14.6. The van der Waals surface area contributed by atoms with E-state index >= 15 is 0 Å². The first-order valence-electron chi connectivity index (χ1n) is 22.0. The summed E-state index contributed by atoms with van der Waals surface area (Å²) in [4.78, 5) is 2.52. The summed E-state index contributed by atoms with van der Waals surface area (Å²) >= 11 is 0. The molecule has 62 heavy (non-hydrogen) atoms. The highest BCUT2D eigenvalue weighted by molar-refractivity contribution is 5.94. The first kappa shape index (κ1) is 36.6. The number of hydrogen-bond donors (Lipinski definition) is 0. The molecule has 0 bridgehead atoms. The third kappa shape index (κ3) is 5.03. The van der Waals surface area contributed by atoms with E-state index in [4.69, 9.17) is 0 Å². The minimum Gasteiger partial charge on any atom is -0.310 e.